The van der Waals surface area contributed by atoms with E-state index < -0.39 is 16.4 Å². The smallest absolute Gasteiger partial charge is 0.387 e. The van der Waals surface area contributed by atoms with Crippen molar-refractivity contribution in [2.45, 2.75) is 32.4 Å². The first-order valence-corrected chi connectivity index (χ1v) is 10.5. The summed E-state index contributed by atoms with van der Waals surface area (Å²) in [7, 11) is -1.59. The van der Waals surface area contributed by atoms with Crippen LogP contribution in [0.5, 0.6) is 11.5 Å². The minimum atomic E-state index is -2.97. The third-order valence-corrected chi connectivity index (χ3v) is 5.80. The fraction of sp³-hybridized carbons (Fsp3) is 0.588. The molecule has 0 aromatic heterocycles. The molecule has 1 saturated heterocycles. The summed E-state index contributed by atoms with van der Waals surface area (Å²) >= 11 is 0. The van der Waals surface area contributed by atoms with E-state index in [1.165, 1.54) is 13.2 Å². The van der Waals surface area contributed by atoms with Crippen molar-refractivity contribution in [1.82, 2.24) is 10.6 Å². The van der Waals surface area contributed by atoms with E-state index in [1.54, 1.807) is 12.1 Å². The Labute approximate surface area is 181 Å². The Balaban J connectivity index is 0.00000392. The second-order valence-corrected chi connectivity index (χ2v) is 8.35. The van der Waals surface area contributed by atoms with Gasteiger partial charge in [0.1, 0.15) is 0 Å². The van der Waals surface area contributed by atoms with E-state index in [-0.39, 0.29) is 53.0 Å². The number of halogens is 3. The van der Waals surface area contributed by atoms with Crippen LogP contribution in [0, 0.1) is 0 Å². The molecule has 1 fully saturated rings. The van der Waals surface area contributed by atoms with Crippen LogP contribution in [-0.2, 0) is 16.3 Å². The van der Waals surface area contributed by atoms with Crippen LogP contribution < -0.4 is 20.1 Å². The Morgan fingerprint density at radius 1 is 1.36 bits per heavy atom. The normalized spacial score (nSPS) is 18.5. The van der Waals surface area contributed by atoms with Gasteiger partial charge in [0.2, 0.25) is 0 Å². The van der Waals surface area contributed by atoms with E-state index in [0.717, 1.165) is 5.56 Å². The van der Waals surface area contributed by atoms with Crippen molar-refractivity contribution in [1.29, 1.82) is 0 Å². The monoisotopic (exact) mass is 533 g/mol. The predicted octanol–water partition coefficient (Wildman–Crippen LogP) is 2.20. The number of nitrogens with one attached hydrogen (secondary N) is 2. The molecule has 0 aliphatic carbocycles. The summed E-state index contributed by atoms with van der Waals surface area (Å²) in [5, 5.41) is 6.21. The first kappa shape index (κ1) is 24.7. The van der Waals surface area contributed by atoms with Crippen molar-refractivity contribution in [2.24, 2.45) is 4.99 Å². The molecule has 160 valence electrons. The molecular formula is C17H26F2IN3O4S. The number of aliphatic imine (C=N–C) groups is 1. The van der Waals surface area contributed by atoms with Gasteiger partial charge in [-0.25, -0.2) is 8.42 Å². The van der Waals surface area contributed by atoms with Crippen molar-refractivity contribution in [2.75, 3.05) is 31.7 Å². The van der Waals surface area contributed by atoms with Gasteiger partial charge >= 0.3 is 6.61 Å². The Hall–Kier alpha value is -1.37. The highest BCUT2D eigenvalue weighted by atomic mass is 127. The van der Waals surface area contributed by atoms with Gasteiger partial charge in [-0.3, -0.25) is 4.99 Å². The molecule has 1 aliphatic heterocycles. The number of hydrogen-bond acceptors (Lipinski definition) is 5. The van der Waals surface area contributed by atoms with Crippen molar-refractivity contribution < 1.29 is 26.7 Å². The predicted molar refractivity (Wildman–Crippen MR) is 115 cm³/mol. The fourth-order valence-electron chi connectivity index (χ4n) is 2.78. The minimum absolute atomic E-state index is 0. The molecule has 1 aromatic rings. The van der Waals surface area contributed by atoms with E-state index in [9.17, 15) is 17.2 Å². The van der Waals surface area contributed by atoms with Crippen LogP contribution in [-0.4, -0.2) is 58.7 Å². The molecule has 0 amide bonds. The summed E-state index contributed by atoms with van der Waals surface area (Å²) in [6.45, 7) is 0.0228. The van der Waals surface area contributed by atoms with Crippen molar-refractivity contribution >= 4 is 39.8 Å². The van der Waals surface area contributed by atoms with Gasteiger partial charge in [-0.2, -0.15) is 8.78 Å². The van der Waals surface area contributed by atoms with Crippen molar-refractivity contribution in [3.63, 3.8) is 0 Å². The molecule has 1 heterocycles. The molecule has 0 bridgehead atoms. The zero-order valence-electron chi connectivity index (χ0n) is 15.8. The third-order valence-electron chi connectivity index (χ3n) is 4.03. The number of guanidine groups is 1. The fourth-order valence-corrected chi connectivity index (χ4v) is 4.46. The first-order chi connectivity index (χ1) is 12.8. The second kappa shape index (κ2) is 11.6. The van der Waals surface area contributed by atoms with E-state index in [4.69, 9.17) is 4.74 Å². The molecular weight excluding hydrogens is 507 g/mol. The molecule has 2 N–H and O–H groups in total. The van der Waals surface area contributed by atoms with Crippen molar-refractivity contribution in [3.8, 4) is 11.5 Å². The largest absolute Gasteiger partial charge is 0.493 e. The zero-order chi connectivity index (χ0) is 19.9. The number of ether oxygens (including phenoxy) is 2. The van der Waals surface area contributed by atoms with E-state index >= 15 is 0 Å². The number of alkyl halides is 2. The molecule has 0 spiro atoms. The third kappa shape index (κ3) is 7.94. The van der Waals surface area contributed by atoms with Crippen LogP contribution in [0.3, 0.4) is 0 Å². The number of nitrogens with zero attached hydrogens (tertiary/aromatic N) is 1. The summed E-state index contributed by atoms with van der Waals surface area (Å²) in [6.07, 6.45) is 1.06. The molecule has 1 unspecified atom stereocenters. The van der Waals surface area contributed by atoms with Crippen LogP contribution >= 0.6 is 24.0 Å². The van der Waals surface area contributed by atoms with Gasteiger partial charge in [0.15, 0.2) is 27.3 Å². The van der Waals surface area contributed by atoms with E-state index in [2.05, 4.69) is 20.4 Å². The van der Waals surface area contributed by atoms with Gasteiger partial charge < -0.3 is 20.1 Å². The molecule has 2 rings (SSSR count). The summed E-state index contributed by atoms with van der Waals surface area (Å²) < 4.78 is 57.6. The van der Waals surface area contributed by atoms with Gasteiger partial charge in [-0.1, -0.05) is 6.07 Å². The molecule has 1 aromatic carbocycles. The molecule has 7 nitrogen and oxygen atoms in total. The molecule has 0 radical (unpaired) electrons. The van der Waals surface area contributed by atoms with Gasteiger partial charge in [-0.15, -0.1) is 24.0 Å². The van der Waals surface area contributed by atoms with Gasteiger partial charge in [0.05, 0.1) is 18.6 Å². The first-order valence-electron chi connectivity index (χ1n) is 8.70. The molecule has 1 atom stereocenters. The summed E-state index contributed by atoms with van der Waals surface area (Å²) in [5.41, 5.74) is 0.773. The zero-order valence-corrected chi connectivity index (χ0v) is 18.9. The van der Waals surface area contributed by atoms with E-state index in [0.29, 0.717) is 31.9 Å². The Morgan fingerprint density at radius 2 is 2.11 bits per heavy atom. The lowest BCUT2D eigenvalue weighted by atomic mass is 10.1. The van der Waals surface area contributed by atoms with Crippen LogP contribution in [0.1, 0.15) is 18.9 Å². The Kier molecular flexibility index (Phi) is 10.2. The lowest BCUT2D eigenvalue weighted by Gasteiger charge is -2.16. The minimum Gasteiger partial charge on any atom is -0.493 e. The van der Waals surface area contributed by atoms with E-state index in [1.807, 2.05) is 6.92 Å². The summed E-state index contributed by atoms with van der Waals surface area (Å²) in [5.74, 6) is 1.04. The summed E-state index contributed by atoms with van der Waals surface area (Å²) in [4.78, 5) is 4.43. The average Bonchev–Trinajstić information content (AvgIpc) is 2.93. The molecule has 28 heavy (non-hydrogen) atoms. The molecule has 0 saturated carbocycles. The Morgan fingerprint density at radius 3 is 2.68 bits per heavy atom. The van der Waals surface area contributed by atoms with Gasteiger partial charge in [0, 0.05) is 19.1 Å². The highest BCUT2D eigenvalue weighted by Gasteiger charge is 2.28. The number of sulfone groups is 1. The van der Waals surface area contributed by atoms with Crippen LogP contribution in [0.2, 0.25) is 0 Å². The number of methoxy groups -OCH3 is 1. The quantitative estimate of drug-likeness (QED) is 0.303. The summed E-state index contributed by atoms with van der Waals surface area (Å²) in [6, 6.07) is 4.68. The van der Waals surface area contributed by atoms with Gasteiger partial charge in [0.25, 0.3) is 0 Å². The molecule has 11 heteroatoms. The lowest BCUT2D eigenvalue weighted by molar-refractivity contribution is -0.0512. The maximum absolute atomic E-state index is 12.5. The van der Waals surface area contributed by atoms with Crippen LogP contribution in [0.4, 0.5) is 8.78 Å². The average molecular weight is 533 g/mol. The standard InChI is InChI=1S/C17H25F2N3O4S.HI/c1-3-20-17(22-13-7-9-27(23,24)11-13)21-8-6-12-4-5-14(25-2)15(10-12)26-16(18)19;/h4-5,10,13,16H,3,6-9,11H2,1-2H3,(H2,20,21,22);1H. The Bertz CT molecular complexity index is 763. The lowest BCUT2D eigenvalue weighted by Crippen LogP contribution is -2.44. The highest BCUT2D eigenvalue weighted by Crippen LogP contribution is 2.29. The second-order valence-electron chi connectivity index (χ2n) is 6.12. The van der Waals surface area contributed by atoms with Crippen LogP contribution in [0.15, 0.2) is 23.2 Å². The van der Waals surface area contributed by atoms with Gasteiger partial charge in [-0.05, 0) is 37.5 Å². The van der Waals surface area contributed by atoms with Crippen LogP contribution in [0.25, 0.3) is 0 Å². The maximum atomic E-state index is 12.5. The highest BCUT2D eigenvalue weighted by molar-refractivity contribution is 14.0. The maximum Gasteiger partial charge on any atom is 0.387 e. The number of benzene rings is 1. The molecule has 1 aliphatic rings. The SMILES string of the molecule is CCNC(=NCCc1ccc(OC)c(OC(F)F)c1)NC1CCS(=O)(=O)C1.I. The number of rotatable bonds is 8. The number of hydrogen-bond donors (Lipinski definition) is 2. The topological polar surface area (TPSA) is 89.0 Å². The van der Waals surface area contributed by atoms with Crippen molar-refractivity contribution in [3.05, 3.63) is 23.8 Å².